The maximum absolute atomic E-state index is 6.35. The third-order valence-corrected chi connectivity index (χ3v) is 10.0. The van der Waals surface area contributed by atoms with Crippen molar-refractivity contribution in [3.8, 4) is 22.3 Å². The molecule has 0 atom stereocenters. The summed E-state index contributed by atoms with van der Waals surface area (Å²) < 4.78 is 6.35. The molecule has 0 saturated heterocycles. The van der Waals surface area contributed by atoms with Crippen LogP contribution in [0.3, 0.4) is 0 Å². The molecule has 50 heavy (non-hydrogen) atoms. The van der Waals surface area contributed by atoms with Crippen molar-refractivity contribution in [1.82, 2.24) is 0 Å². The summed E-state index contributed by atoms with van der Waals surface area (Å²) in [4.78, 5) is 2.34. The highest BCUT2D eigenvalue weighted by molar-refractivity contribution is 6.36. The number of para-hydroxylation sites is 2. The number of hydrogen-bond acceptors (Lipinski definition) is 2. The van der Waals surface area contributed by atoms with Gasteiger partial charge in [0.2, 0.25) is 0 Å². The van der Waals surface area contributed by atoms with Gasteiger partial charge < -0.3 is 9.32 Å². The normalized spacial score (nSPS) is 11.6. The highest BCUT2D eigenvalue weighted by Crippen LogP contribution is 2.45. The number of fused-ring (bicyclic) bond motifs is 10. The smallest absolute Gasteiger partial charge is 0.136 e. The van der Waals surface area contributed by atoms with Crippen molar-refractivity contribution in [1.29, 1.82) is 0 Å². The van der Waals surface area contributed by atoms with E-state index in [1.807, 2.05) is 6.07 Å². The van der Waals surface area contributed by atoms with Crippen molar-refractivity contribution in [3.63, 3.8) is 0 Å². The Bertz CT molecular complexity index is 2820. The molecule has 0 aliphatic carbocycles. The molecule has 0 amide bonds. The number of rotatable bonds is 5. The minimum absolute atomic E-state index is 0.919. The Labute approximate surface area is 290 Å². The van der Waals surface area contributed by atoms with Crippen molar-refractivity contribution in [2.45, 2.75) is 0 Å². The fourth-order valence-electron chi connectivity index (χ4n) is 7.82. The van der Waals surface area contributed by atoms with E-state index < -0.39 is 0 Å². The fourth-order valence-corrected chi connectivity index (χ4v) is 7.82. The van der Waals surface area contributed by atoms with E-state index in [1.165, 1.54) is 60.0 Å². The molecule has 9 aromatic carbocycles. The Morgan fingerprint density at radius 3 is 1.62 bits per heavy atom. The van der Waals surface area contributed by atoms with Gasteiger partial charge in [-0.15, -0.1) is 0 Å². The predicted octanol–water partition coefficient (Wildman–Crippen LogP) is 13.8. The van der Waals surface area contributed by atoms with Gasteiger partial charge in [0.15, 0.2) is 0 Å². The standard InChI is InChI=1S/C48H31NO/c1-3-13-32(14-4-1)33-25-27-36(28-26-33)49(35-16-5-2-6-17-35)37-18-11-15-34(31-37)38-22-12-23-40-42-29-30-45-48(43-21-9-10-24-44(43)50-45)47(42)41-20-8-7-19-39(41)46(38)40/h1-31H. The van der Waals surface area contributed by atoms with Gasteiger partial charge >= 0.3 is 0 Å². The second-order valence-corrected chi connectivity index (χ2v) is 12.9. The predicted molar refractivity (Wildman–Crippen MR) is 212 cm³/mol. The van der Waals surface area contributed by atoms with Gasteiger partial charge in [-0.25, -0.2) is 0 Å². The SMILES string of the molecule is c1ccc(-c2ccc(N(c3ccccc3)c3cccc(-c4cccc5c6ccc7oc8ccccc8c7c6c6ccccc6c45)c3)cc2)cc1. The van der Waals surface area contributed by atoms with Crippen molar-refractivity contribution in [2.24, 2.45) is 0 Å². The average molecular weight is 638 g/mol. The summed E-state index contributed by atoms with van der Waals surface area (Å²) in [6, 6.07) is 67.4. The van der Waals surface area contributed by atoms with Gasteiger partial charge in [0.1, 0.15) is 11.2 Å². The molecule has 234 valence electrons. The van der Waals surface area contributed by atoms with Crippen LogP contribution >= 0.6 is 0 Å². The van der Waals surface area contributed by atoms with Crippen LogP contribution in [0.15, 0.2) is 192 Å². The molecule has 0 aliphatic heterocycles. The Morgan fingerprint density at radius 1 is 0.300 bits per heavy atom. The van der Waals surface area contributed by atoms with Gasteiger partial charge in [0.25, 0.3) is 0 Å². The van der Waals surface area contributed by atoms with Gasteiger partial charge in [-0.2, -0.15) is 0 Å². The first-order chi connectivity index (χ1) is 24.8. The molecule has 0 saturated carbocycles. The molecule has 0 N–H and O–H groups in total. The quantitative estimate of drug-likeness (QED) is 0.175. The van der Waals surface area contributed by atoms with E-state index in [-0.39, 0.29) is 0 Å². The van der Waals surface area contributed by atoms with Crippen LogP contribution in [0, 0.1) is 0 Å². The van der Waals surface area contributed by atoms with Crippen molar-refractivity contribution < 1.29 is 4.42 Å². The molecule has 0 unspecified atom stereocenters. The van der Waals surface area contributed by atoms with Gasteiger partial charge in [-0.05, 0) is 104 Å². The molecule has 0 aliphatic rings. The Morgan fingerprint density at radius 2 is 0.840 bits per heavy atom. The molecule has 0 bridgehead atoms. The van der Waals surface area contributed by atoms with Crippen LogP contribution in [0.1, 0.15) is 0 Å². The Balaban J connectivity index is 1.19. The van der Waals surface area contributed by atoms with E-state index >= 15 is 0 Å². The number of benzene rings is 9. The summed E-state index contributed by atoms with van der Waals surface area (Å²) in [6.07, 6.45) is 0. The fraction of sp³-hybridized carbons (Fsp3) is 0. The number of hydrogen-bond donors (Lipinski definition) is 0. The molecule has 1 aromatic heterocycles. The summed E-state index contributed by atoms with van der Waals surface area (Å²) in [6.45, 7) is 0. The third-order valence-electron chi connectivity index (χ3n) is 10.0. The molecule has 0 radical (unpaired) electrons. The lowest BCUT2D eigenvalue weighted by molar-refractivity contribution is 0.669. The van der Waals surface area contributed by atoms with Crippen molar-refractivity contribution >= 4 is 71.3 Å². The number of anilines is 3. The Hall–Kier alpha value is -6.64. The lowest BCUT2D eigenvalue weighted by Gasteiger charge is -2.26. The molecule has 0 fully saturated rings. The zero-order chi connectivity index (χ0) is 33.0. The van der Waals surface area contributed by atoms with E-state index in [9.17, 15) is 0 Å². The van der Waals surface area contributed by atoms with E-state index in [2.05, 4.69) is 187 Å². The first-order valence-electron chi connectivity index (χ1n) is 17.1. The highest BCUT2D eigenvalue weighted by atomic mass is 16.3. The topological polar surface area (TPSA) is 16.4 Å². The van der Waals surface area contributed by atoms with Gasteiger partial charge in [-0.3, -0.25) is 0 Å². The average Bonchev–Trinajstić information content (AvgIpc) is 3.58. The maximum Gasteiger partial charge on any atom is 0.136 e. The largest absolute Gasteiger partial charge is 0.456 e. The van der Waals surface area contributed by atoms with Crippen molar-refractivity contribution in [3.05, 3.63) is 188 Å². The molecule has 2 nitrogen and oxygen atoms in total. The zero-order valence-electron chi connectivity index (χ0n) is 27.3. The minimum Gasteiger partial charge on any atom is -0.456 e. The summed E-state index contributed by atoms with van der Waals surface area (Å²) in [5, 5.41) is 9.80. The summed E-state index contributed by atoms with van der Waals surface area (Å²) in [5.41, 5.74) is 9.97. The van der Waals surface area contributed by atoms with Crippen LogP contribution in [0.4, 0.5) is 17.1 Å². The maximum atomic E-state index is 6.35. The molecule has 1 heterocycles. The van der Waals surface area contributed by atoms with E-state index in [0.29, 0.717) is 0 Å². The van der Waals surface area contributed by atoms with E-state index in [0.717, 1.165) is 33.6 Å². The Kier molecular flexibility index (Phi) is 6.53. The summed E-state index contributed by atoms with van der Waals surface area (Å²) in [5.74, 6) is 0. The van der Waals surface area contributed by atoms with Gasteiger partial charge in [-0.1, -0.05) is 133 Å². The lowest BCUT2D eigenvalue weighted by Crippen LogP contribution is -2.09. The first kappa shape index (κ1) is 28.4. The van der Waals surface area contributed by atoms with Crippen molar-refractivity contribution in [2.75, 3.05) is 4.90 Å². The molecular formula is C48H31NO. The second-order valence-electron chi connectivity index (χ2n) is 12.9. The van der Waals surface area contributed by atoms with Crippen LogP contribution in [-0.2, 0) is 0 Å². The second kappa shape index (κ2) is 11.5. The molecule has 10 aromatic rings. The van der Waals surface area contributed by atoms with Crippen LogP contribution in [-0.4, -0.2) is 0 Å². The summed E-state index contributed by atoms with van der Waals surface area (Å²) >= 11 is 0. The lowest BCUT2D eigenvalue weighted by atomic mass is 9.88. The van der Waals surface area contributed by atoms with E-state index in [4.69, 9.17) is 4.42 Å². The van der Waals surface area contributed by atoms with Gasteiger partial charge in [0, 0.05) is 33.2 Å². The van der Waals surface area contributed by atoms with Crippen LogP contribution in [0.2, 0.25) is 0 Å². The van der Waals surface area contributed by atoms with Crippen LogP contribution in [0.25, 0.3) is 76.5 Å². The highest BCUT2D eigenvalue weighted by Gasteiger charge is 2.19. The molecule has 10 rings (SSSR count). The molecular weight excluding hydrogens is 607 g/mol. The third kappa shape index (κ3) is 4.50. The number of furan rings is 1. The zero-order valence-corrected chi connectivity index (χ0v) is 27.3. The molecule has 0 spiro atoms. The molecule has 2 heteroatoms. The number of nitrogens with zero attached hydrogens (tertiary/aromatic N) is 1. The minimum atomic E-state index is 0.919. The van der Waals surface area contributed by atoms with Crippen LogP contribution < -0.4 is 4.90 Å². The first-order valence-corrected chi connectivity index (χ1v) is 17.1. The monoisotopic (exact) mass is 637 g/mol. The van der Waals surface area contributed by atoms with Crippen LogP contribution in [0.5, 0.6) is 0 Å². The van der Waals surface area contributed by atoms with E-state index in [1.54, 1.807) is 0 Å². The van der Waals surface area contributed by atoms with Gasteiger partial charge in [0.05, 0.1) is 0 Å². The summed E-state index contributed by atoms with van der Waals surface area (Å²) in [7, 11) is 0.